The largest absolute Gasteiger partial charge is 0.301 e. The number of nitrogens with zero attached hydrogens (tertiary/aromatic N) is 1. The Kier molecular flexibility index (Phi) is 3.04. The molecule has 1 saturated heterocycles. The Hall–Kier alpha value is 0.110. The monoisotopic (exact) mass is 201 g/mol. The van der Waals surface area contributed by atoms with Gasteiger partial charge in [-0.25, -0.2) is 0 Å². The minimum Gasteiger partial charge on any atom is -0.301 e. The maximum atomic E-state index is 11.1. The van der Waals surface area contributed by atoms with Crippen LogP contribution in [0.4, 0.5) is 0 Å². The molecule has 0 spiro atoms. The topological polar surface area (TPSA) is 20.3 Å². The summed E-state index contributed by atoms with van der Waals surface area (Å²) in [6, 6.07) is 0. The second-order valence-corrected chi connectivity index (χ2v) is 6.29. The van der Waals surface area contributed by atoms with E-state index in [0.29, 0.717) is 0 Å². The molecule has 0 aromatic heterocycles. The van der Waals surface area contributed by atoms with Crippen LogP contribution in [0.3, 0.4) is 0 Å². The molecule has 0 unspecified atom stereocenters. The van der Waals surface area contributed by atoms with E-state index in [1.54, 1.807) is 0 Å². The van der Waals surface area contributed by atoms with E-state index in [1.165, 1.54) is 19.4 Å². The van der Waals surface area contributed by atoms with E-state index in [9.17, 15) is 4.21 Å². The van der Waals surface area contributed by atoms with Crippen LogP contribution in [0, 0.1) is 11.8 Å². The van der Waals surface area contributed by atoms with Gasteiger partial charge in [-0.15, -0.1) is 0 Å². The van der Waals surface area contributed by atoms with Crippen molar-refractivity contribution in [3.8, 4) is 0 Å². The molecule has 0 radical (unpaired) electrons. The lowest BCUT2D eigenvalue weighted by Crippen LogP contribution is -2.42. The van der Waals surface area contributed by atoms with Gasteiger partial charge in [-0.05, 0) is 24.7 Å². The molecule has 3 heteroatoms. The molecule has 0 bridgehead atoms. The quantitative estimate of drug-likeness (QED) is 0.667. The Balaban J connectivity index is 1.68. The van der Waals surface area contributed by atoms with Crippen molar-refractivity contribution in [3.05, 3.63) is 0 Å². The van der Waals surface area contributed by atoms with E-state index in [0.717, 1.165) is 36.4 Å². The molecule has 1 aliphatic heterocycles. The highest BCUT2D eigenvalue weighted by atomic mass is 32.2. The van der Waals surface area contributed by atoms with Gasteiger partial charge in [0.1, 0.15) is 0 Å². The summed E-state index contributed by atoms with van der Waals surface area (Å²) >= 11 is 0. The van der Waals surface area contributed by atoms with Crippen molar-refractivity contribution in [2.45, 2.75) is 19.8 Å². The molecular weight excluding hydrogens is 182 g/mol. The summed E-state index contributed by atoms with van der Waals surface area (Å²) in [4.78, 5) is 2.50. The minimum absolute atomic E-state index is 0.508. The second kappa shape index (κ2) is 4.09. The molecule has 2 rings (SSSR count). The van der Waals surface area contributed by atoms with Crippen LogP contribution in [0.15, 0.2) is 0 Å². The first-order valence-corrected chi connectivity index (χ1v) is 6.80. The van der Waals surface area contributed by atoms with Crippen molar-refractivity contribution < 1.29 is 4.21 Å². The van der Waals surface area contributed by atoms with Crippen LogP contribution < -0.4 is 0 Å². The fourth-order valence-corrected chi connectivity index (χ4v) is 3.57. The first-order chi connectivity index (χ1) is 6.24. The van der Waals surface area contributed by atoms with Crippen LogP contribution in [0.1, 0.15) is 19.8 Å². The average molecular weight is 201 g/mol. The van der Waals surface area contributed by atoms with Gasteiger partial charge in [0, 0.05) is 41.9 Å². The SMILES string of the molecule is CC1CC(CN2CCS(=O)CC2)C1. The number of rotatable bonds is 2. The molecule has 2 aliphatic rings. The van der Waals surface area contributed by atoms with Gasteiger partial charge in [-0.1, -0.05) is 6.92 Å². The Bertz CT molecular complexity index is 191. The first-order valence-electron chi connectivity index (χ1n) is 5.31. The molecule has 13 heavy (non-hydrogen) atoms. The summed E-state index contributed by atoms with van der Waals surface area (Å²) in [6.45, 7) is 5.73. The predicted molar refractivity (Wildman–Crippen MR) is 56.2 cm³/mol. The molecule has 0 aromatic carbocycles. The van der Waals surface area contributed by atoms with Crippen molar-refractivity contribution >= 4 is 10.8 Å². The fraction of sp³-hybridized carbons (Fsp3) is 1.00. The smallest absolute Gasteiger partial charge is 0.0363 e. The van der Waals surface area contributed by atoms with Crippen LogP contribution in [-0.4, -0.2) is 40.2 Å². The van der Waals surface area contributed by atoms with E-state index < -0.39 is 10.8 Å². The summed E-state index contributed by atoms with van der Waals surface area (Å²) in [5.74, 6) is 3.72. The molecule has 0 amide bonds. The van der Waals surface area contributed by atoms with Gasteiger partial charge in [0.2, 0.25) is 0 Å². The standard InChI is InChI=1S/C10H19NOS/c1-9-6-10(7-9)8-11-2-4-13(12)5-3-11/h9-10H,2-8H2,1H3. The van der Waals surface area contributed by atoms with Gasteiger partial charge >= 0.3 is 0 Å². The van der Waals surface area contributed by atoms with Crippen LogP contribution >= 0.6 is 0 Å². The second-order valence-electron chi connectivity index (χ2n) is 4.59. The molecule has 0 aromatic rings. The highest BCUT2D eigenvalue weighted by Gasteiger charge is 2.27. The third-order valence-electron chi connectivity index (χ3n) is 3.26. The maximum Gasteiger partial charge on any atom is 0.0363 e. The van der Waals surface area contributed by atoms with Crippen molar-refractivity contribution in [1.82, 2.24) is 4.90 Å². The van der Waals surface area contributed by atoms with E-state index in [-0.39, 0.29) is 0 Å². The van der Waals surface area contributed by atoms with Crippen molar-refractivity contribution in [2.75, 3.05) is 31.1 Å². The molecule has 2 fully saturated rings. The Morgan fingerprint density at radius 3 is 2.46 bits per heavy atom. The van der Waals surface area contributed by atoms with Crippen LogP contribution in [0.5, 0.6) is 0 Å². The number of hydrogen-bond donors (Lipinski definition) is 0. The summed E-state index contributed by atoms with van der Waals surface area (Å²) in [5, 5.41) is 0. The Morgan fingerprint density at radius 2 is 1.92 bits per heavy atom. The average Bonchev–Trinajstić information content (AvgIpc) is 2.06. The number of hydrogen-bond acceptors (Lipinski definition) is 2. The fourth-order valence-electron chi connectivity index (χ4n) is 2.44. The van der Waals surface area contributed by atoms with Crippen LogP contribution in [-0.2, 0) is 10.8 Å². The lowest BCUT2D eigenvalue weighted by Gasteiger charge is -2.38. The lowest BCUT2D eigenvalue weighted by molar-refractivity contribution is 0.141. The zero-order valence-corrected chi connectivity index (χ0v) is 9.18. The highest BCUT2D eigenvalue weighted by molar-refractivity contribution is 7.85. The molecule has 1 saturated carbocycles. The predicted octanol–water partition coefficient (Wildman–Crippen LogP) is 1.10. The molecule has 0 N–H and O–H groups in total. The van der Waals surface area contributed by atoms with Crippen LogP contribution in [0.25, 0.3) is 0 Å². The van der Waals surface area contributed by atoms with Gasteiger partial charge in [-0.3, -0.25) is 4.21 Å². The molecule has 1 aliphatic carbocycles. The van der Waals surface area contributed by atoms with E-state index in [2.05, 4.69) is 11.8 Å². The highest BCUT2D eigenvalue weighted by Crippen LogP contribution is 2.33. The van der Waals surface area contributed by atoms with Gasteiger partial charge in [0.25, 0.3) is 0 Å². The molecule has 1 heterocycles. The summed E-state index contributed by atoms with van der Waals surface area (Å²) < 4.78 is 11.1. The molecular formula is C10H19NOS. The zero-order chi connectivity index (χ0) is 9.26. The zero-order valence-electron chi connectivity index (χ0n) is 8.37. The van der Waals surface area contributed by atoms with Gasteiger partial charge in [0.05, 0.1) is 0 Å². The molecule has 76 valence electrons. The third kappa shape index (κ3) is 2.53. The lowest BCUT2D eigenvalue weighted by atomic mass is 9.76. The van der Waals surface area contributed by atoms with Gasteiger partial charge in [-0.2, -0.15) is 0 Å². The van der Waals surface area contributed by atoms with Crippen molar-refractivity contribution in [3.63, 3.8) is 0 Å². The Morgan fingerprint density at radius 1 is 1.31 bits per heavy atom. The van der Waals surface area contributed by atoms with Crippen molar-refractivity contribution in [2.24, 2.45) is 11.8 Å². The summed E-state index contributed by atoms with van der Waals surface area (Å²) in [5.41, 5.74) is 0. The maximum absolute atomic E-state index is 11.1. The summed E-state index contributed by atoms with van der Waals surface area (Å²) in [7, 11) is -0.508. The van der Waals surface area contributed by atoms with E-state index in [1.807, 2.05) is 0 Å². The van der Waals surface area contributed by atoms with E-state index in [4.69, 9.17) is 0 Å². The minimum atomic E-state index is -0.508. The molecule has 0 atom stereocenters. The van der Waals surface area contributed by atoms with Crippen LogP contribution in [0.2, 0.25) is 0 Å². The summed E-state index contributed by atoms with van der Waals surface area (Å²) in [6.07, 6.45) is 2.83. The third-order valence-corrected chi connectivity index (χ3v) is 4.53. The van der Waals surface area contributed by atoms with E-state index >= 15 is 0 Å². The van der Waals surface area contributed by atoms with Gasteiger partial charge in [0.15, 0.2) is 0 Å². The Labute approximate surface area is 83.1 Å². The van der Waals surface area contributed by atoms with Crippen molar-refractivity contribution in [1.29, 1.82) is 0 Å². The normalized spacial score (nSPS) is 37.3. The molecule has 2 nitrogen and oxygen atoms in total. The first kappa shape index (κ1) is 9.66. The van der Waals surface area contributed by atoms with Gasteiger partial charge < -0.3 is 4.90 Å².